The highest BCUT2D eigenvalue weighted by molar-refractivity contribution is 14.1. The normalized spacial score (nSPS) is 10.3. The molecule has 0 aliphatic heterocycles. The molecule has 1 aromatic heterocycles. The first-order valence-electron chi connectivity index (χ1n) is 5.68. The molecule has 0 bridgehead atoms. The van der Waals surface area contributed by atoms with Crippen LogP contribution in [0.5, 0.6) is 0 Å². The molecule has 1 aromatic carbocycles. The molecule has 0 saturated heterocycles. The summed E-state index contributed by atoms with van der Waals surface area (Å²) in [6.45, 7) is 2.04. The smallest absolute Gasteiger partial charge is 0.148 e. The number of aromatic nitrogens is 2. The van der Waals surface area contributed by atoms with Gasteiger partial charge in [0.1, 0.15) is 18.0 Å². The maximum Gasteiger partial charge on any atom is 0.148 e. The topological polar surface area (TPSA) is 75.9 Å². The van der Waals surface area contributed by atoms with Crippen LogP contribution in [0.4, 0.5) is 17.3 Å². The highest BCUT2D eigenvalue weighted by Gasteiger charge is 2.09. The molecule has 0 radical (unpaired) electrons. The number of nitrogen functional groups attached to an aromatic ring is 1. The van der Waals surface area contributed by atoms with Gasteiger partial charge in [-0.15, -0.1) is 0 Å². The molecular formula is C12H13BrIN5. The van der Waals surface area contributed by atoms with E-state index in [9.17, 15) is 0 Å². The van der Waals surface area contributed by atoms with E-state index in [4.69, 9.17) is 5.84 Å². The van der Waals surface area contributed by atoms with Gasteiger partial charge < -0.3 is 10.7 Å². The zero-order chi connectivity index (χ0) is 13.8. The summed E-state index contributed by atoms with van der Waals surface area (Å²) in [5, 5.41) is 3.29. The van der Waals surface area contributed by atoms with E-state index in [1.54, 1.807) is 0 Å². The second kappa shape index (κ2) is 6.49. The third-order valence-electron chi connectivity index (χ3n) is 2.62. The number of nitrogens with one attached hydrogen (secondary N) is 2. The Balaban J connectivity index is 2.35. The summed E-state index contributed by atoms with van der Waals surface area (Å²) in [5.74, 6) is 6.87. The van der Waals surface area contributed by atoms with E-state index in [1.807, 2.05) is 25.1 Å². The fourth-order valence-corrected chi connectivity index (χ4v) is 2.45. The van der Waals surface area contributed by atoms with Crippen LogP contribution in [-0.2, 0) is 6.42 Å². The van der Waals surface area contributed by atoms with Crippen molar-refractivity contribution in [1.29, 1.82) is 0 Å². The van der Waals surface area contributed by atoms with Crippen LogP contribution < -0.4 is 16.6 Å². The maximum absolute atomic E-state index is 5.46. The Morgan fingerprint density at radius 3 is 2.68 bits per heavy atom. The monoisotopic (exact) mass is 433 g/mol. The SMILES string of the molecule is CCc1c(NN)ncnc1Nc1ccc(Br)c(I)c1. The minimum Gasteiger partial charge on any atom is -0.340 e. The molecule has 2 rings (SSSR count). The van der Waals surface area contributed by atoms with Crippen LogP contribution >= 0.6 is 38.5 Å². The predicted molar refractivity (Wildman–Crippen MR) is 89.4 cm³/mol. The van der Waals surface area contributed by atoms with E-state index in [1.165, 1.54) is 6.33 Å². The van der Waals surface area contributed by atoms with E-state index < -0.39 is 0 Å². The largest absolute Gasteiger partial charge is 0.340 e. The summed E-state index contributed by atoms with van der Waals surface area (Å²) >= 11 is 5.75. The first-order chi connectivity index (χ1) is 9.15. The lowest BCUT2D eigenvalue weighted by atomic mass is 10.2. The number of hydrogen-bond acceptors (Lipinski definition) is 5. The Morgan fingerprint density at radius 1 is 1.32 bits per heavy atom. The quantitative estimate of drug-likeness (QED) is 0.391. The van der Waals surface area contributed by atoms with Gasteiger partial charge in [0.15, 0.2) is 0 Å². The van der Waals surface area contributed by atoms with Crippen molar-refractivity contribution in [3.05, 3.63) is 38.1 Å². The number of nitrogens with two attached hydrogens (primary N) is 1. The molecule has 0 saturated carbocycles. The second-order valence-electron chi connectivity index (χ2n) is 3.80. The standard InChI is InChI=1S/C12H13BrIN5/c1-2-8-11(16-6-17-12(8)19-15)18-7-3-4-9(13)10(14)5-7/h3-6H,2,15H2,1H3,(H2,16,17,18,19). The molecule has 0 amide bonds. The predicted octanol–water partition coefficient (Wildman–Crippen LogP) is 3.44. The molecule has 5 nitrogen and oxygen atoms in total. The molecule has 0 unspecified atom stereocenters. The van der Waals surface area contributed by atoms with Gasteiger partial charge in [-0.25, -0.2) is 15.8 Å². The Morgan fingerprint density at radius 2 is 2.05 bits per heavy atom. The van der Waals surface area contributed by atoms with E-state index >= 15 is 0 Å². The molecule has 0 aliphatic rings. The second-order valence-corrected chi connectivity index (χ2v) is 5.82. The lowest BCUT2D eigenvalue weighted by Crippen LogP contribution is -2.13. The van der Waals surface area contributed by atoms with Gasteiger partial charge in [-0.05, 0) is 63.1 Å². The van der Waals surface area contributed by atoms with Crippen LogP contribution in [0.3, 0.4) is 0 Å². The molecule has 19 heavy (non-hydrogen) atoms. The van der Waals surface area contributed by atoms with E-state index in [0.717, 1.165) is 31.5 Å². The lowest BCUT2D eigenvalue weighted by molar-refractivity contribution is 1.04. The van der Waals surface area contributed by atoms with Crippen LogP contribution in [0.15, 0.2) is 29.0 Å². The maximum atomic E-state index is 5.46. The minimum atomic E-state index is 0.645. The molecule has 1 heterocycles. The van der Waals surface area contributed by atoms with E-state index in [2.05, 4.69) is 59.2 Å². The van der Waals surface area contributed by atoms with Crippen molar-refractivity contribution < 1.29 is 0 Å². The van der Waals surface area contributed by atoms with Gasteiger partial charge in [-0.3, -0.25) is 0 Å². The van der Waals surface area contributed by atoms with Gasteiger partial charge in [0.25, 0.3) is 0 Å². The minimum absolute atomic E-state index is 0.645. The van der Waals surface area contributed by atoms with Crippen LogP contribution in [0.25, 0.3) is 0 Å². The Labute approximate surface area is 133 Å². The molecule has 7 heteroatoms. The summed E-state index contributed by atoms with van der Waals surface area (Å²) in [6.07, 6.45) is 2.27. The number of benzene rings is 1. The van der Waals surface area contributed by atoms with Crippen molar-refractivity contribution in [3.8, 4) is 0 Å². The van der Waals surface area contributed by atoms with Gasteiger partial charge in [0.05, 0.1) is 0 Å². The summed E-state index contributed by atoms with van der Waals surface area (Å²) in [5.41, 5.74) is 4.53. The van der Waals surface area contributed by atoms with Crippen LogP contribution in [-0.4, -0.2) is 9.97 Å². The Hall–Kier alpha value is -0.930. The highest BCUT2D eigenvalue weighted by Crippen LogP contribution is 2.27. The fraction of sp³-hybridized carbons (Fsp3) is 0.167. The fourth-order valence-electron chi connectivity index (χ4n) is 1.69. The van der Waals surface area contributed by atoms with Crippen molar-refractivity contribution >= 4 is 55.8 Å². The van der Waals surface area contributed by atoms with E-state index in [-0.39, 0.29) is 0 Å². The summed E-state index contributed by atoms with van der Waals surface area (Å²) in [7, 11) is 0. The van der Waals surface area contributed by atoms with Crippen LogP contribution in [0.1, 0.15) is 12.5 Å². The summed E-state index contributed by atoms with van der Waals surface area (Å²) in [4.78, 5) is 8.38. The van der Waals surface area contributed by atoms with Gasteiger partial charge in [0.2, 0.25) is 0 Å². The number of nitrogens with zero attached hydrogens (tertiary/aromatic N) is 2. The summed E-state index contributed by atoms with van der Waals surface area (Å²) < 4.78 is 2.20. The number of hydrazine groups is 1. The molecule has 0 spiro atoms. The molecule has 0 aliphatic carbocycles. The first-order valence-corrected chi connectivity index (χ1v) is 7.55. The third-order valence-corrected chi connectivity index (χ3v) is 4.94. The van der Waals surface area contributed by atoms with Gasteiger partial charge in [-0.2, -0.15) is 0 Å². The van der Waals surface area contributed by atoms with Gasteiger partial charge >= 0.3 is 0 Å². The molecule has 100 valence electrons. The first kappa shape index (κ1) is 14.5. The molecular weight excluding hydrogens is 421 g/mol. The van der Waals surface area contributed by atoms with E-state index in [0.29, 0.717) is 5.82 Å². The zero-order valence-electron chi connectivity index (χ0n) is 10.2. The van der Waals surface area contributed by atoms with Gasteiger partial charge in [-0.1, -0.05) is 6.92 Å². The van der Waals surface area contributed by atoms with Crippen molar-refractivity contribution in [1.82, 2.24) is 9.97 Å². The lowest BCUT2D eigenvalue weighted by Gasteiger charge is -2.13. The van der Waals surface area contributed by atoms with Gasteiger partial charge in [0, 0.05) is 19.3 Å². The summed E-state index contributed by atoms with van der Waals surface area (Å²) in [6, 6.07) is 6.03. The molecule has 4 N–H and O–H groups in total. The molecule has 0 fully saturated rings. The number of rotatable bonds is 4. The number of anilines is 3. The average Bonchev–Trinajstić information content (AvgIpc) is 2.42. The third kappa shape index (κ3) is 3.34. The highest BCUT2D eigenvalue weighted by atomic mass is 127. The number of halogens is 2. The van der Waals surface area contributed by atoms with Crippen molar-refractivity contribution in [2.45, 2.75) is 13.3 Å². The average molecular weight is 434 g/mol. The number of hydrogen-bond donors (Lipinski definition) is 3. The Bertz CT molecular complexity index is 590. The van der Waals surface area contributed by atoms with Crippen molar-refractivity contribution in [2.24, 2.45) is 5.84 Å². The zero-order valence-corrected chi connectivity index (χ0v) is 14.0. The van der Waals surface area contributed by atoms with Crippen LogP contribution in [0, 0.1) is 3.57 Å². The van der Waals surface area contributed by atoms with Crippen molar-refractivity contribution in [3.63, 3.8) is 0 Å². The molecule has 2 aromatic rings. The Kier molecular flexibility index (Phi) is 4.94. The molecule has 0 atom stereocenters. The van der Waals surface area contributed by atoms with Crippen LogP contribution in [0.2, 0.25) is 0 Å². The van der Waals surface area contributed by atoms with Crippen molar-refractivity contribution in [2.75, 3.05) is 10.7 Å².